The number of amides is 1. The van der Waals surface area contributed by atoms with Gasteiger partial charge in [0, 0.05) is 25.3 Å². The average molecular weight is 513 g/mol. The van der Waals surface area contributed by atoms with Crippen molar-refractivity contribution in [2.45, 2.75) is 31.0 Å². The van der Waals surface area contributed by atoms with Crippen molar-refractivity contribution in [3.63, 3.8) is 0 Å². The Balaban J connectivity index is 1.23. The summed E-state index contributed by atoms with van der Waals surface area (Å²) in [6, 6.07) is 10.9. The minimum atomic E-state index is -4.76. The number of anilines is 1. The largest absolute Gasteiger partial charge is 0.417 e. The molecule has 1 amide bonds. The van der Waals surface area contributed by atoms with E-state index in [1.165, 1.54) is 25.1 Å². The van der Waals surface area contributed by atoms with Gasteiger partial charge in [0.2, 0.25) is 0 Å². The number of carbonyl (C=O) groups excluding carboxylic acids is 1. The van der Waals surface area contributed by atoms with Crippen molar-refractivity contribution in [2.75, 3.05) is 25.0 Å². The molecule has 2 aromatic carbocycles. The predicted octanol–water partition coefficient (Wildman–Crippen LogP) is 4.26. The number of β-amino-alcohol motifs (C(OH)–C–C–N with tert-alkyl or cyclic N) is 1. The first kappa shape index (κ1) is 25.2. The molecule has 3 aliphatic rings. The standard InChI is InChI=1S/C27H24F4N4O2/c1-26(37,25(36)34-17-4-3-15(10-33)21(8-17)27(29,30)31)13-35-11-16-7-19(24-20(12-35)23(16)24)18-5-2-14(9-32)6-22(18)28/h2-6,8,16,19-20,23-24,37H,7,11-13H2,1H3,(H,34,36). The second-order valence-electron chi connectivity index (χ2n) is 10.6. The number of benzene rings is 2. The van der Waals surface area contributed by atoms with Crippen LogP contribution in [-0.4, -0.2) is 41.1 Å². The molecule has 0 spiro atoms. The molecule has 6 nitrogen and oxygen atoms in total. The highest BCUT2D eigenvalue weighted by atomic mass is 19.4. The molecule has 3 fully saturated rings. The molecule has 10 heteroatoms. The zero-order chi connectivity index (χ0) is 26.7. The Hall–Kier alpha value is -3.47. The van der Waals surface area contributed by atoms with E-state index in [-0.39, 0.29) is 35.4 Å². The molecule has 6 atom stereocenters. The summed E-state index contributed by atoms with van der Waals surface area (Å²) in [6.45, 7) is 2.59. The van der Waals surface area contributed by atoms with Crippen LogP contribution in [0.2, 0.25) is 0 Å². The van der Waals surface area contributed by atoms with Crippen LogP contribution >= 0.6 is 0 Å². The van der Waals surface area contributed by atoms with Gasteiger partial charge in [0.15, 0.2) is 5.60 Å². The van der Waals surface area contributed by atoms with Crippen molar-refractivity contribution in [3.05, 3.63) is 64.5 Å². The Morgan fingerprint density at radius 2 is 1.89 bits per heavy atom. The molecule has 6 unspecified atom stereocenters. The number of nitrogens with one attached hydrogen (secondary N) is 1. The molecule has 192 valence electrons. The van der Waals surface area contributed by atoms with E-state index in [1.54, 1.807) is 12.1 Å². The number of hydrogen-bond acceptors (Lipinski definition) is 5. The van der Waals surface area contributed by atoms with Gasteiger partial charge in [-0.2, -0.15) is 23.7 Å². The summed E-state index contributed by atoms with van der Waals surface area (Å²) in [5, 5.41) is 31.2. The smallest absolute Gasteiger partial charge is 0.379 e. The molecule has 2 aromatic rings. The van der Waals surface area contributed by atoms with Crippen LogP contribution in [0.4, 0.5) is 23.2 Å². The lowest BCUT2D eigenvalue weighted by atomic mass is 9.85. The van der Waals surface area contributed by atoms with Gasteiger partial charge in [-0.1, -0.05) is 6.07 Å². The maximum absolute atomic E-state index is 14.6. The third-order valence-electron chi connectivity index (χ3n) is 8.07. The highest BCUT2D eigenvalue weighted by Gasteiger charge is 2.65. The summed E-state index contributed by atoms with van der Waals surface area (Å²) in [5.41, 5.74) is -2.82. The van der Waals surface area contributed by atoms with Crippen molar-refractivity contribution in [1.29, 1.82) is 10.5 Å². The number of fused-ring (bicyclic) bond motifs is 1. The summed E-state index contributed by atoms with van der Waals surface area (Å²) in [5.74, 6) is 0.270. The van der Waals surface area contributed by atoms with Crippen molar-refractivity contribution in [1.82, 2.24) is 4.90 Å². The number of nitriles is 2. The van der Waals surface area contributed by atoms with Crippen LogP contribution in [0.15, 0.2) is 36.4 Å². The maximum Gasteiger partial charge on any atom is 0.417 e. The SMILES string of the molecule is CC(O)(CN1CC2CC(c3ccc(C#N)cc3F)C3C(C1)C23)C(=O)Nc1ccc(C#N)c(C(F)(F)F)c1. The lowest BCUT2D eigenvalue weighted by Crippen LogP contribution is -2.52. The number of hydrogen-bond donors (Lipinski definition) is 2. The Bertz CT molecular complexity index is 1340. The van der Waals surface area contributed by atoms with Gasteiger partial charge in [-0.25, -0.2) is 4.39 Å². The van der Waals surface area contributed by atoms with Crippen LogP contribution in [-0.2, 0) is 11.0 Å². The Kier molecular flexibility index (Phi) is 6.01. The molecule has 2 N–H and O–H groups in total. The van der Waals surface area contributed by atoms with Crippen molar-refractivity contribution in [3.8, 4) is 12.1 Å². The van der Waals surface area contributed by atoms with E-state index < -0.39 is 28.8 Å². The molecule has 5 rings (SSSR count). The zero-order valence-corrected chi connectivity index (χ0v) is 19.9. The van der Waals surface area contributed by atoms with E-state index in [9.17, 15) is 27.5 Å². The fourth-order valence-electron chi connectivity index (χ4n) is 6.53. The summed E-state index contributed by atoms with van der Waals surface area (Å²) in [6.07, 6.45) is -3.98. The predicted molar refractivity (Wildman–Crippen MR) is 124 cm³/mol. The Morgan fingerprint density at radius 1 is 1.14 bits per heavy atom. The van der Waals surface area contributed by atoms with Crippen LogP contribution in [0.5, 0.6) is 0 Å². The van der Waals surface area contributed by atoms with E-state index in [0.29, 0.717) is 42.5 Å². The summed E-state index contributed by atoms with van der Waals surface area (Å²) in [4.78, 5) is 14.8. The fourth-order valence-corrected chi connectivity index (χ4v) is 6.53. The molecular formula is C27H24F4N4O2. The minimum Gasteiger partial charge on any atom is -0.379 e. The summed E-state index contributed by atoms with van der Waals surface area (Å²) >= 11 is 0. The second-order valence-corrected chi connectivity index (χ2v) is 10.6. The average Bonchev–Trinajstić information content (AvgIpc) is 3.42. The number of aliphatic hydroxyl groups is 1. The molecule has 1 heterocycles. The lowest BCUT2D eigenvalue weighted by molar-refractivity contribution is -0.138. The Morgan fingerprint density at radius 3 is 2.51 bits per heavy atom. The normalized spacial score (nSPS) is 27.9. The number of likely N-dealkylation sites (tertiary alicyclic amines) is 1. The molecule has 2 saturated carbocycles. The fraction of sp³-hybridized carbons (Fsp3) is 0.444. The molecule has 0 bridgehead atoms. The van der Waals surface area contributed by atoms with E-state index in [0.717, 1.165) is 12.5 Å². The first-order valence-electron chi connectivity index (χ1n) is 12.0. The maximum atomic E-state index is 14.6. The van der Waals surface area contributed by atoms with Crippen LogP contribution in [0.25, 0.3) is 0 Å². The van der Waals surface area contributed by atoms with Gasteiger partial charge >= 0.3 is 6.18 Å². The number of nitrogens with zero attached hydrogens (tertiary/aromatic N) is 3. The van der Waals surface area contributed by atoms with Gasteiger partial charge < -0.3 is 10.4 Å². The molecule has 1 saturated heterocycles. The molecule has 1 aliphatic heterocycles. The summed E-state index contributed by atoms with van der Waals surface area (Å²) in [7, 11) is 0. The minimum absolute atomic E-state index is 0.00355. The number of rotatable bonds is 5. The van der Waals surface area contributed by atoms with Crippen molar-refractivity contribution < 1.29 is 27.5 Å². The number of alkyl halides is 3. The third kappa shape index (κ3) is 4.56. The monoisotopic (exact) mass is 512 g/mol. The molecule has 2 aliphatic carbocycles. The molecular weight excluding hydrogens is 488 g/mol. The van der Waals surface area contributed by atoms with Gasteiger partial charge in [-0.15, -0.1) is 0 Å². The van der Waals surface area contributed by atoms with E-state index in [1.807, 2.05) is 11.0 Å². The summed E-state index contributed by atoms with van der Waals surface area (Å²) < 4.78 is 54.4. The van der Waals surface area contributed by atoms with Gasteiger partial charge in [-0.3, -0.25) is 9.69 Å². The Labute approximate surface area is 211 Å². The molecule has 0 radical (unpaired) electrons. The van der Waals surface area contributed by atoms with Gasteiger partial charge in [0.1, 0.15) is 5.82 Å². The van der Waals surface area contributed by atoms with Crippen LogP contribution in [0.3, 0.4) is 0 Å². The number of halogens is 4. The quantitative estimate of drug-likeness (QED) is 0.584. The lowest BCUT2D eigenvalue weighted by Gasteiger charge is -2.37. The van der Waals surface area contributed by atoms with E-state index in [2.05, 4.69) is 5.32 Å². The topological polar surface area (TPSA) is 100 Å². The van der Waals surface area contributed by atoms with Crippen molar-refractivity contribution >= 4 is 11.6 Å². The van der Waals surface area contributed by atoms with Crippen LogP contribution in [0.1, 0.15) is 41.5 Å². The van der Waals surface area contributed by atoms with Gasteiger partial charge in [-0.05, 0) is 78.8 Å². The first-order valence-corrected chi connectivity index (χ1v) is 12.0. The number of piperidine rings is 1. The second kappa shape index (κ2) is 8.83. The van der Waals surface area contributed by atoms with Gasteiger partial charge in [0.05, 0.1) is 28.8 Å². The van der Waals surface area contributed by atoms with Crippen LogP contribution in [0, 0.1) is 52.2 Å². The highest BCUT2D eigenvalue weighted by Crippen LogP contribution is 2.68. The highest BCUT2D eigenvalue weighted by molar-refractivity contribution is 5.97. The third-order valence-corrected chi connectivity index (χ3v) is 8.07. The van der Waals surface area contributed by atoms with E-state index >= 15 is 0 Å². The first-order chi connectivity index (χ1) is 17.4. The van der Waals surface area contributed by atoms with Gasteiger partial charge in [0.25, 0.3) is 5.91 Å². The molecule has 0 aromatic heterocycles. The van der Waals surface area contributed by atoms with E-state index in [4.69, 9.17) is 10.5 Å². The van der Waals surface area contributed by atoms with Crippen molar-refractivity contribution in [2.24, 2.45) is 23.7 Å². The zero-order valence-electron chi connectivity index (χ0n) is 19.9. The number of carbonyl (C=O) groups is 1. The molecule has 37 heavy (non-hydrogen) atoms. The van der Waals surface area contributed by atoms with Crippen LogP contribution < -0.4 is 5.32 Å².